The highest BCUT2D eigenvalue weighted by Gasteiger charge is 2.10. The molecule has 0 bridgehead atoms. The van der Waals surface area contributed by atoms with Crippen LogP contribution in [0.3, 0.4) is 0 Å². The smallest absolute Gasteiger partial charge is 0.132 e. The van der Waals surface area contributed by atoms with Crippen LogP contribution in [0.5, 0.6) is 0 Å². The Morgan fingerprint density at radius 1 is 1.10 bits per heavy atom. The summed E-state index contributed by atoms with van der Waals surface area (Å²) in [6, 6.07) is 10.4. The van der Waals surface area contributed by atoms with E-state index in [0.29, 0.717) is 6.54 Å². The van der Waals surface area contributed by atoms with Crippen LogP contribution in [0.4, 0.5) is 5.82 Å². The maximum absolute atomic E-state index is 5.83. The van der Waals surface area contributed by atoms with Gasteiger partial charge in [-0.25, -0.2) is 9.97 Å². The Morgan fingerprint density at radius 2 is 1.86 bits per heavy atom. The fourth-order valence-electron chi connectivity index (χ4n) is 2.42. The van der Waals surface area contributed by atoms with Crippen LogP contribution in [0, 0.1) is 0 Å². The van der Waals surface area contributed by atoms with Gasteiger partial charge in [0.25, 0.3) is 0 Å². The molecule has 0 radical (unpaired) electrons. The molecular formula is C17H24N4. The summed E-state index contributed by atoms with van der Waals surface area (Å²) < 4.78 is 0. The van der Waals surface area contributed by atoms with E-state index < -0.39 is 0 Å². The highest BCUT2D eigenvalue weighted by molar-refractivity contribution is 5.41. The first-order valence-corrected chi connectivity index (χ1v) is 7.61. The SMILES string of the molecule is CCCc1cc(N(CC)Cc2ccccc2CN)ncn1. The van der Waals surface area contributed by atoms with Crippen molar-refractivity contribution in [3.63, 3.8) is 0 Å². The normalized spacial score (nSPS) is 10.6. The number of nitrogens with two attached hydrogens (primary N) is 1. The maximum atomic E-state index is 5.83. The van der Waals surface area contributed by atoms with E-state index in [1.54, 1.807) is 6.33 Å². The Balaban J connectivity index is 2.21. The minimum Gasteiger partial charge on any atom is -0.352 e. The van der Waals surface area contributed by atoms with Crippen LogP contribution in [0.25, 0.3) is 0 Å². The second kappa shape index (κ2) is 7.74. The van der Waals surface area contributed by atoms with Gasteiger partial charge in [0.1, 0.15) is 12.1 Å². The fraction of sp³-hybridized carbons (Fsp3) is 0.412. The molecule has 0 saturated carbocycles. The van der Waals surface area contributed by atoms with Crippen molar-refractivity contribution in [2.45, 2.75) is 39.8 Å². The first-order chi connectivity index (χ1) is 10.3. The van der Waals surface area contributed by atoms with Crippen molar-refractivity contribution in [2.75, 3.05) is 11.4 Å². The first kappa shape index (κ1) is 15.4. The third-order valence-corrected chi connectivity index (χ3v) is 3.62. The maximum Gasteiger partial charge on any atom is 0.132 e. The molecular weight excluding hydrogens is 260 g/mol. The quantitative estimate of drug-likeness (QED) is 0.849. The van der Waals surface area contributed by atoms with Gasteiger partial charge < -0.3 is 10.6 Å². The molecule has 112 valence electrons. The lowest BCUT2D eigenvalue weighted by atomic mass is 10.1. The molecule has 2 N–H and O–H groups in total. The summed E-state index contributed by atoms with van der Waals surface area (Å²) in [7, 11) is 0. The minimum atomic E-state index is 0.568. The van der Waals surface area contributed by atoms with Crippen molar-refractivity contribution in [1.29, 1.82) is 0 Å². The second-order valence-electron chi connectivity index (χ2n) is 5.10. The van der Waals surface area contributed by atoms with Crippen LogP contribution in [0.2, 0.25) is 0 Å². The molecule has 0 unspecified atom stereocenters. The van der Waals surface area contributed by atoms with Gasteiger partial charge in [0.05, 0.1) is 0 Å². The third kappa shape index (κ3) is 4.02. The molecule has 1 heterocycles. The molecule has 0 aliphatic carbocycles. The summed E-state index contributed by atoms with van der Waals surface area (Å²) in [4.78, 5) is 11.0. The molecule has 0 spiro atoms. The molecule has 0 amide bonds. The molecule has 0 fully saturated rings. The van der Waals surface area contributed by atoms with Crippen LogP contribution in [0.1, 0.15) is 37.1 Å². The van der Waals surface area contributed by atoms with E-state index in [1.165, 1.54) is 11.1 Å². The lowest BCUT2D eigenvalue weighted by molar-refractivity contribution is 0.790. The molecule has 21 heavy (non-hydrogen) atoms. The summed E-state index contributed by atoms with van der Waals surface area (Å²) in [5, 5.41) is 0. The van der Waals surface area contributed by atoms with E-state index in [4.69, 9.17) is 5.73 Å². The molecule has 4 heteroatoms. The molecule has 1 aromatic heterocycles. The average Bonchev–Trinajstić information content (AvgIpc) is 2.53. The predicted molar refractivity (Wildman–Crippen MR) is 87.1 cm³/mol. The number of hydrogen-bond donors (Lipinski definition) is 1. The number of aromatic nitrogens is 2. The summed E-state index contributed by atoms with van der Waals surface area (Å²) in [5.41, 5.74) is 9.39. The van der Waals surface area contributed by atoms with E-state index in [2.05, 4.69) is 53.0 Å². The molecule has 2 rings (SSSR count). The van der Waals surface area contributed by atoms with Gasteiger partial charge in [-0.2, -0.15) is 0 Å². The van der Waals surface area contributed by atoms with Gasteiger partial charge in [-0.15, -0.1) is 0 Å². The van der Waals surface area contributed by atoms with Crippen molar-refractivity contribution in [3.05, 3.63) is 53.5 Å². The standard InChI is InChI=1S/C17H24N4/c1-3-7-16-10-17(20-13-19-16)21(4-2)12-15-9-6-5-8-14(15)11-18/h5-6,8-10,13H,3-4,7,11-12,18H2,1-2H3. The van der Waals surface area contributed by atoms with Gasteiger partial charge in [-0.3, -0.25) is 0 Å². The van der Waals surface area contributed by atoms with Crippen LogP contribution < -0.4 is 10.6 Å². The van der Waals surface area contributed by atoms with Crippen LogP contribution in [-0.2, 0) is 19.5 Å². The van der Waals surface area contributed by atoms with Gasteiger partial charge in [0.2, 0.25) is 0 Å². The number of benzene rings is 1. The number of rotatable bonds is 7. The molecule has 0 aliphatic rings. The molecule has 0 aliphatic heterocycles. The highest BCUT2D eigenvalue weighted by atomic mass is 15.2. The van der Waals surface area contributed by atoms with Crippen molar-refractivity contribution in [3.8, 4) is 0 Å². The second-order valence-corrected chi connectivity index (χ2v) is 5.10. The molecule has 1 aromatic carbocycles. The third-order valence-electron chi connectivity index (χ3n) is 3.62. The Bertz CT molecular complexity index is 568. The van der Waals surface area contributed by atoms with Gasteiger partial charge in [-0.05, 0) is 24.5 Å². The Labute approximate surface area is 127 Å². The van der Waals surface area contributed by atoms with Gasteiger partial charge >= 0.3 is 0 Å². The summed E-state index contributed by atoms with van der Waals surface area (Å²) >= 11 is 0. The zero-order valence-electron chi connectivity index (χ0n) is 12.9. The summed E-state index contributed by atoms with van der Waals surface area (Å²) in [6.45, 7) is 6.61. The van der Waals surface area contributed by atoms with Crippen molar-refractivity contribution in [2.24, 2.45) is 5.73 Å². The van der Waals surface area contributed by atoms with Crippen molar-refractivity contribution < 1.29 is 0 Å². The number of anilines is 1. The van der Waals surface area contributed by atoms with Crippen molar-refractivity contribution in [1.82, 2.24) is 9.97 Å². The Morgan fingerprint density at radius 3 is 2.52 bits per heavy atom. The zero-order valence-corrected chi connectivity index (χ0v) is 12.9. The predicted octanol–water partition coefficient (Wildman–Crippen LogP) is 2.91. The lowest BCUT2D eigenvalue weighted by Gasteiger charge is -2.23. The van der Waals surface area contributed by atoms with E-state index in [-0.39, 0.29) is 0 Å². The lowest BCUT2D eigenvalue weighted by Crippen LogP contribution is -2.24. The van der Waals surface area contributed by atoms with E-state index in [9.17, 15) is 0 Å². The zero-order chi connectivity index (χ0) is 15.1. The van der Waals surface area contributed by atoms with Crippen molar-refractivity contribution >= 4 is 5.82 Å². The Kier molecular flexibility index (Phi) is 5.69. The summed E-state index contributed by atoms with van der Waals surface area (Å²) in [5.74, 6) is 0.989. The molecule has 0 saturated heterocycles. The highest BCUT2D eigenvalue weighted by Crippen LogP contribution is 2.17. The average molecular weight is 284 g/mol. The topological polar surface area (TPSA) is 55.0 Å². The van der Waals surface area contributed by atoms with Gasteiger partial charge in [0.15, 0.2) is 0 Å². The van der Waals surface area contributed by atoms with Gasteiger partial charge in [-0.1, -0.05) is 37.6 Å². The van der Waals surface area contributed by atoms with Crippen LogP contribution >= 0.6 is 0 Å². The number of aryl methyl sites for hydroxylation is 1. The van der Waals surface area contributed by atoms with E-state index in [1.807, 2.05) is 6.07 Å². The largest absolute Gasteiger partial charge is 0.352 e. The minimum absolute atomic E-state index is 0.568. The van der Waals surface area contributed by atoms with Gasteiger partial charge in [0, 0.05) is 31.4 Å². The fourth-order valence-corrected chi connectivity index (χ4v) is 2.42. The van der Waals surface area contributed by atoms with E-state index >= 15 is 0 Å². The Hall–Kier alpha value is -1.94. The monoisotopic (exact) mass is 284 g/mol. The molecule has 4 nitrogen and oxygen atoms in total. The van der Waals surface area contributed by atoms with Crippen LogP contribution in [-0.4, -0.2) is 16.5 Å². The first-order valence-electron chi connectivity index (χ1n) is 7.61. The summed E-state index contributed by atoms with van der Waals surface area (Å²) in [6.07, 6.45) is 3.75. The number of hydrogen-bond acceptors (Lipinski definition) is 4. The molecule has 0 atom stereocenters. The van der Waals surface area contributed by atoms with Crippen LogP contribution in [0.15, 0.2) is 36.7 Å². The van der Waals surface area contributed by atoms with E-state index in [0.717, 1.165) is 37.4 Å². The number of nitrogens with zero attached hydrogens (tertiary/aromatic N) is 3. The molecule has 2 aromatic rings.